The third-order valence-corrected chi connectivity index (χ3v) is 2.06. The lowest BCUT2D eigenvalue weighted by Gasteiger charge is -2.00. The molecule has 0 aliphatic heterocycles. The van der Waals surface area contributed by atoms with Crippen LogP contribution in [-0.4, -0.2) is 17.4 Å². The van der Waals surface area contributed by atoms with Gasteiger partial charge in [0.2, 0.25) is 5.76 Å². The molecule has 2 heterocycles. The lowest BCUT2D eigenvalue weighted by Crippen LogP contribution is -2.24. The summed E-state index contributed by atoms with van der Waals surface area (Å²) in [5, 5.41) is 2.73. The maximum absolute atomic E-state index is 11.7. The van der Waals surface area contributed by atoms with Gasteiger partial charge in [-0.15, -0.1) is 0 Å². The summed E-state index contributed by atoms with van der Waals surface area (Å²) in [7, 11) is 0. The van der Waals surface area contributed by atoms with Crippen LogP contribution < -0.4 is 5.32 Å². The van der Waals surface area contributed by atoms with Crippen molar-refractivity contribution in [3.63, 3.8) is 0 Å². The van der Waals surface area contributed by atoms with Crippen molar-refractivity contribution in [2.45, 2.75) is 13.3 Å². The van der Waals surface area contributed by atoms with Gasteiger partial charge in [-0.2, -0.15) is 0 Å². The lowest BCUT2D eigenvalue weighted by atomic mass is 10.2. The molecular formula is C11H12N2O3. The smallest absolute Gasteiger partial charge is 0.274 e. The summed E-state index contributed by atoms with van der Waals surface area (Å²) in [5.41, 5.74) is 0.253. The second-order valence-corrected chi connectivity index (χ2v) is 3.26. The highest BCUT2D eigenvalue weighted by molar-refractivity contribution is 5.96. The van der Waals surface area contributed by atoms with Crippen molar-refractivity contribution >= 4 is 5.91 Å². The van der Waals surface area contributed by atoms with Gasteiger partial charge in [0.15, 0.2) is 17.8 Å². The normalized spacial score (nSPS) is 10.3. The topological polar surface area (TPSA) is 68.3 Å². The van der Waals surface area contributed by atoms with Crippen LogP contribution in [0.2, 0.25) is 0 Å². The molecule has 16 heavy (non-hydrogen) atoms. The molecule has 5 heteroatoms. The first-order valence-electron chi connectivity index (χ1n) is 5.08. The van der Waals surface area contributed by atoms with Crippen LogP contribution in [0.3, 0.4) is 0 Å². The number of nitrogens with one attached hydrogen (secondary N) is 1. The number of aromatic nitrogens is 1. The highest BCUT2D eigenvalue weighted by Gasteiger charge is 2.19. The van der Waals surface area contributed by atoms with Gasteiger partial charge in [-0.25, -0.2) is 4.98 Å². The molecule has 2 aromatic heterocycles. The fourth-order valence-corrected chi connectivity index (χ4v) is 1.31. The molecule has 0 fully saturated rings. The first-order valence-corrected chi connectivity index (χ1v) is 5.08. The molecule has 1 N–H and O–H groups in total. The van der Waals surface area contributed by atoms with E-state index in [2.05, 4.69) is 10.3 Å². The Morgan fingerprint density at radius 3 is 3.06 bits per heavy atom. The SMILES string of the molecule is CCCNC(=O)c1ncoc1-c1ccco1. The largest absolute Gasteiger partial charge is 0.461 e. The Labute approximate surface area is 92.5 Å². The fraction of sp³-hybridized carbons (Fsp3) is 0.273. The Morgan fingerprint density at radius 2 is 2.38 bits per heavy atom. The van der Waals surface area contributed by atoms with Crippen LogP contribution in [0.1, 0.15) is 23.8 Å². The molecule has 2 aromatic rings. The van der Waals surface area contributed by atoms with Crippen molar-refractivity contribution in [1.82, 2.24) is 10.3 Å². The van der Waals surface area contributed by atoms with Gasteiger partial charge >= 0.3 is 0 Å². The van der Waals surface area contributed by atoms with E-state index in [0.29, 0.717) is 18.1 Å². The van der Waals surface area contributed by atoms with Crippen molar-refractivity contribution in [2.24, 2.45) is 0 Å². The zero-order chi connectivity index (χ0) is 11.4. The van der Waals surface area contributed by atoms with Crippen molar-refractivity contribution in [3.8, 4) is 11.5 Å². The predicted molar refractivity (Wildman–Crippen MR) is 56.8 cm³/mol. The Hall–Kier alpha value is -2.04. The van der Waals surface area contributed by atoms with Crippen molar-refractivity contribution in [3.05, 3.63) is 30.5 Å². The fourth-order valence-electron chi connectivity index (χ4n) is 1.31. The van der Waals surface area contributed by atoms with E-state index in [1.54, 1.807) is 12.1 Å². The molecule has 1 amide bonds. The Balaban J connectivity index is 2.23. The average molecular weight is 220 g/mol. The summed E-state index contributed by atoms with van der Waals surface area (Å²) >= 11 is 0. The van der Waals surface area contributed by atoms with E-state index < -0.39 is 0 Å². The third kappa shape index (κ3) is 1.98. The summed E-state index contributed by atoms with van der Waals surface area (Å²) < 4.78 is 10.3. The van der Waals surface area contributed by atoms with E-state index in [4.69, 9.17) is 8.83 Å². The van der Waals surface area contributed by atoms with Gasteiger partial charge in [0, 0.05) is 6.54 Å². The van der Waals surface area contributed by atoms with Gasteiger partial charge in [0.25, 0.3) is 5.91 Å². The first-order chi connectivity index (χ1) is 7.83. The van der Waals surface area contributed by atoms with Crippen molar-refractivity contribution < 1.29 is 13.6 Å². The number of hydrogen-bond acceptors (Lipinski definition) is 4. The summed E-state index contributed by atoms with van der Waals surface area (Å²) in [6.07, 6.45) is 3.63. The molecule has 0 unspecified atom stereocenters. The van der Waals surface area contributed by atoms with Crippen molar-refractivity contribution in [2.75, 3.05) is 6.54 Å². The molecule has 0 atom stereocenters. The molecule has 5 nitrogen and oxygen atoms in total. The van der Waals surface area contributed by atoms with E-state index in [1.165, 1.54) is 12.7 Å². The number of hydrogen-bond donors (Lipinski definition) is 1. The molecule has 0 aliphatic rings. The van der Waals surface area contributed by atoms with Gasteiger partial charge in [0.1, 0.15) is 0 Å². The molecule has 0 radical (unpaired) electrons. The number of furan rings is 1. The molecule has 0 bridgehead atoms. The van der Waals surface area contributed by atoms with E-state index in [1.807, 2.05) is 6.92 Å². The lowest BCUT2D eigenvalue weighted by molar-refractivity contribution is 0.0949. The number of oxazole rings is 1. The van der Waals surface area contributed by atoms with Gasteiger partial charge in [-0.1, -0.05) is 6.92 Å². The van der Waals surface area contributed by atoms with Crippen LogP contribution in [0.25, 0.3) is 11.5 Å². The summed E-state index contributed by atoms with van der Waals surface area (Å²) in [4.78, 5) is 15.6. The summed E-state index contributed by atoms with van der Waals surface area (Å²) in [5.74, 6) is 0.611. The first kappa shape index (κ1) is 10.5. The Kier molecular flexibility index (Phi) is 3.05. The van der Waals surface area contributed by atoms with Gasteiger partial charge in [-0.05, 0) is 18.6 Å². The number of carbonyl (C=O) groups is 1. The third-order valence-electron chi connectivity index (χ3n) is 2.06. The minimum Gasteiger partial charge on any atom is -0.461 e. The monoisotopic (exact) mass is 220 g/mol. The highest BCUT2D eigenvalue weighted by Crippen LogP contribution is 2.23. The van der Waals surface area contributed by atoms with Crippen LogP contribution in [0.4, 0.5) is 0 Å². The predicted octanol–water partition coefficient (Wildman–Crippen LogP) is 2.07. The second kappa shape index (κ2) is 4.65. The quantitative estimate of drug-likeness (QED) is 0.856. The zero-order valence-corrected chi connectivity index (χ0v) is 8.90. The van der Waals surface area contributed by atoms with E-state index in [0.717, 1.165) is 6.42 Å². The molecular weight excluding hydrogens is 208 g/mol. The molecule has 0 spiro atoms. The van der Waals surface area contributed by atoms with Crippen molar-refractivity contribution in [1.29, 1.82) is 0 Å². The minimum absolute atomic E-state index is 0.248. The molecule has 84 valence electrons. The van der Waals surface area contributed by atoms with Gasteiger partial charge < -0.3 is 14.2 Å². The van der Waals surface area contributed by atoms with Crippen LogP contribution >= 0.6 is 0 Å². The van der Waals surface area contributed by atoms with Crippen LogP contribution in [-0.2, 0) is 0 Å². The van der Waals surface area contributed by atoms with E-state index in [-0.39, 0.29) is 11.6 Å². The number of nitrogens with zero attached hydrogens (tertiary/aromatic N) is 1. The minimum atomic E-state index is -0.248. The molecule has 0 saturated heterocycles. The molecule has 0 saturated carbocycles. The Morgan fingerprint density at radius 1 is 1.50 bits per heavy atom. The maximum atomic E-state index is 11.7. The van der Waals surface area contributed by atoms with E-state index >= 15 is 0 Å². The molecule has 2 rings (SSSR count). The van der Waals surface area contributed by atoms with E-state index in [9.17, 15) is 4.79 Å². The Bertz CT molecular complexity index is 459. The number of rotatable bonds is 4. The highest BCUT2D eigenvalue weighted by atomic mass is 16.4. The summed E-state index contributed by atoms with van der Waals surface area (Å²) in [6, 6.07) is 3.45. The maximum Gasteiger partial charge on any atom is 0.274 e. The molecule has 0 aliphatic carbocycles. The molecule has 0 aromatic carbocycles. The van der Waals surface area contributed by atoms with Crippen LogP contribution in [0, 0.1) is 0 Å². The van der Waals surface area contributed by atoms with Gasteiger partial charge in [0.05, 0.1) is 6.26 Å². The number of carbonyl (C=O) groups excluding carboxylic acids is 1. The number of amides is 1. The zero-order valence-electron chi connectivity index (χ0n) is 8.90. The van der Waals surface area contributed by atoms with Crippen LogP contribution in [0.5, 0.6) is 0 Å². The standard InChI is InChI=1S/C11H12N2O3/c1-2-5-12-11(14)9-10(16-7-13-9)8-4-3-6-15-8/h3-4,6-7H,2,5H2,1H3,(H,12,14). The van der Waals surface area contributed by atoms with Gasteiger partial charge in [-0.3, -0.25) is 4.79 Å². The van der Waals surface area contributed by atoms with Crippen LogP contribution in [0.15, 0.2) is 33.6 Å². The second-order valence-electron chi connectivity index (χ2n) is 3.26. The summed E-state index contributed by atoms with van der Waals surface area (Å²) in [6.45, 7) is 2.60. The average Bonchev–Trinajstić information content (AvgIpc) is 2.94.